The summed E-state index contributed by atoms with van der Waals surface area (Å²) >= 11 is 0. The van der Waals surface area contributed by atoms with Crippen molar-refractivity contribution < 1.29 is 23.9 Å². The Morgan fingerprint density at radius 1 is 0.781 bits per heavy atom. The highest BCUT2D eigenvalue weighted by atomic mass is 16.5. The molecule has 0 saturated heterocycles. The normalized spacial score (nSPS) is 13.3. The molecular formula is C26H25NO5. The van der Waals surface area contributed by atoms with Crippen LogP contribution < -0.4 is 5.32 Å². The van der Waals surface area contributed by atoms with Crippen molar-refractivity contribution in [2.45, 2.75) is 17.9 Å². The van der Waals surface area contributed by atoms with Gasteiger partial charge in [0.2, 0.25) is 0 Å². The lowest BCUT2D eigenvalue weighted by molar-refractivity contribution is -0.157. The van der Waals surface area contributed by atoms with E-state index in [-0.39, 0.29) is 6.42 Å². The predicted molar refractivity (Wildman–Crippen MR) is 120 cm³/mol. The molecule has 0 unspecified atom stereocenters. The fraction of sp³-hybridized carbons (Fsp3) is 0.192. The van der Waals surface area contributed by atoms with Gasteiger partial charge in [-0.25, -0.2) is 4.79 Å². The third-order valence-electron chi connectivity index (χ3n) is 5.31. The summed E-state index contributed by atoms with van der Waals surface area (Å²) in [5, 5.41) is 2.85. The van der Waals surface area contributed by atoms with Crippen molar-refractivity contribution in [2.75, 3.05) is 14.2 Å². The number of carbonyl (C=O) groups excluding carboxylic acids is 3. The molecule has 6 nitrogen and oxygen atoms in total. The van der Waals surface area contributed by atoms with Crippen molar-refractivity contribution in [3.63, 3.8) is 0 Å². The number of ether oxygens (including phenoxy) is 2. The van der Waals surface area contributed by atoms with E-state index in [4.69, 9.17) is 9.47 Å². The number of hydrogen-bond donors (Lipinski definition) is 1. The Kier molecular flexibility index (Phi) is 7.39. The fourth-order valence-electron chi connectivity index (χ4n) is 3.81. The van der Waals surface area contributed by atoms with Gasteiger partial charge in [0, 0.05) is 12.0 Å². The summed E-state index contributed by atoms with van der Waals surface area (Å²) < 4.78 is 10.3. The summed E-state index contributed by atoms with van der Waals surface area (Å²) in [6.07, 6.45) is 0.0216. The zero-order valence-corrected chi connectivity index (χ0v) is 18.0. The van der Waals surface area contributed by atoms with Gasteiger partial charge in [-0.1, -0.05) is 78.9 Å². The van der Waals surface area contributed by atoms with Gasteiger partial charge in [-0.05, 0) is 23.3 Å². The Morgan fingerprint density at radius 3 is 1.84 bits per heavy atom. The Hall–Kier alpha value is -3.93. The summed E-state index contributed by atoms with van der Waals surface area (Å²) in [4.78, 5) is 39.7. The van der Waals surface area contributed by atoms with Crippen LogP contribution in [-0.2, 0) is 25.5 Å². The molecule has 164 valence electrons. The average Bonchev–Trinajstić information content (AvgIpc) is 2.85. The average molecular weight is 431 g/mol. The van der Waals surface area contributed by atoms with Gasteiger partial charge in [0.05, 0.1) is 14.2 Å². The van der Waals surface area contributed by atoms with Crippen LogP contribution in [0.2, 0.25) is 0 Å². The van der Waals surface area contributed by atoms with Crippen LogP contribution in [0, 0.1) is 0 Å². The van der Waals surface area contributed by atoms with Crippen molar-refractivity contribution >= 4 is 17.8 Å². The summed E-state index contributed by atoms with van der Waals surface area (Å²) in [5.74, 6) is -3.05. The summed E-state index contributed by atoms with van der Waals surface area (Å²) in [6.45, 7) is 0. The number of nitrogens with one attached hydrogen (secondary N) is 1. The van der Waals surface area contributed by atoms with Crippen molar-refractivity contribution in [3.8, 4) is 0 Å². The van der Waals surface area contributed by atoms with Crippen LogP contribution in [-0.4, -0.2) is 37.6 Å². The van der Waals surface area contributed by atoms with Crippen molar-refractivity contribution in [3.05, 3.63) is 108 Å². The first kappa shape index (κ1) is 22.7. The van der Waals surface area contributed by atoms with Gasteiger partial charge in [0.15, 0.2) is 5.54 Å². The number of rotatable bonds is 8. The maximum atomic E-state index is 13.4. The first-order valence-electron chi connectivity index (χ1n) is 10.1. The first-order valence-corrected chi connectivity index (χ1v) is 10.1. The Labute approximate surface area is 187 Å². The zero-order chi connectivity index (χ0) is 23.0. The molecule has 3 aromatic carbocycles. The van der Waals surface area contributed by atoms with Gasteiger partial charge in [0.25, 0.3) is 5.91 Å². The zero-order valence-electron chi connectivity index (χ0n) is 18.0. The van der Waals surface area contributed by atoms with Crippen molar-refractivity contribution in [2.24, 2.45) is 0 Å². The number of carbonyl (C=O) groups is 3. The van der Waals surface area contributed by atoms with Gasteiger partial charge in [-0.2, -0.15) is 0 Å². The Morgan fingerprint density at radius 2 is 1.31 bits per heavy atom. The standard InChI is InChI=1S/C26H25NO5/c1-31-24(29)22(20-14-8-4-9-15-20)26(25(30)32-2,18-19-12-6-3-7-13-19)27-23(28)21-16-10-5-11-17-21/h3-17,22H,18H2,1-2H3,(H,27,28)/t22-,26+/m0/s1. The lowest BCUT2D eigenvalue weighted by Crippen LogP contribution is -2.62. The molecule has 0 fully saturated rings. The first-order chi connectivity index (χ1) is 15.5. The molecule has 0 radical (unpaired) electrons. The van der Waals surface area contributed by atoms with Crippen molar-refractivity contribution in [1.82, 2.24) is 5.32 Å². The van der Waals surface area contributed by atoms with Crippen LogP contribution in [0.25, 0.3) is 0 Å². The molecule has 0 aromatic heterocycles. The maximum Gasteiger partial charge on any atom is 0.333 e. The minimum Gasteiger partial charge on any atom is -0.468 e. The Balaban J connectivity index is 2.21. The Bertz CT molecular complexity index is 1050. The molecule has 0 bridgehead atoms. The topological polar surface area (TPSA) is 81.7 Å². The highest BCUT2D eigenvalue weighted by Crippen LogP contribution is 2.35. The van der Waals surface area contributed by atoms with Gasteiger partial charge in [0.1, 0.15) is 5.92 Å². The molecule has 0 heterocycles. The van der Waals surface area contributed by atoms with Gasteiger partial charge < -0.3 is 14.8 Å². The predicted octanol–water partition coefficient (Wildman–Crippen LogP) is 3.53. The SMILES string of the molecule is COC(=O)[C@H](c1ccccc1)[C@@](Cc1ccccc1)(NC(=O)c1ccccc1)C(=O)OC. The van der Waals surface area contributed by atoms with E-state index in [0.29, 0.717) is 11.1 Å². The van der Waals surface area contributed by atoms with E-state index in [0.717, 1.165) is 5.56 Å². The molecular weight excluding hydrogens is 406 g/mol. The second kappa shape index (κ2) is 10.4. The van der Waals surface area contributed by atoms with Crippen molar-refractivity contribution in [1.29, 1.82) is 0 Å². The molecule has 3 rings (SSSR count). The monoisotopic (exact) mass is 431 g/mol. The molecule has 0 aliphatic rings. The highest BCUT2D eigenvalue weighted by molar-refractivity contribution is 6.01. The summed E-state index contributed by atoms with van der Waals surface area (Å²) in [6, 6.07) is 26.4. The van der Waals surface area contributed by atoms with E-state index in [1.807, 2.05) is 30.3 Å². The minimum absolute atomic E-state index is 0.0216. The van der Waals surface area contributed by atoms with Crippen LogP contribution >= 0.6 is 0 Å². The van der Waals surface area contributed by atoms with Gasteiger partial charge in [-0.15, -0.1) is 0 Å². The molecule has 1 amide bonds. The van der Waals surface area contributed by atoms with E-state index in [2.05, 4.69) is 5.32 Å². The van der Waals surface area contributed by atoms with E-state index < -0.39 is 29.3 Å². The minimum atomic E-state index is -1.75. The molecule has 32 heavy (non-hydrogen) atoms. The molecule has 0 spiro atoms. The number of hydrogen-bond acceptors (Lipinski definition) is 5. The highest BCUT2D eigenvalue weighted by Gasteiger charge is 2.53. The molecule has 2 atom stereocenters. The maximum absolute atomic E-state index is 13.4. The summed E-state index contributed by atoms with van der Waals surface area (Å²) in [7, 11) is 2.48. The van der Waals surface area contributed by atoms with Crippen LogP contribution in [0.4, 0.5) is 0 Å². The fourth-order valence-corrected chi connectivity index (χ4v) is 3.81. The second-order valence-electron chi connectivity index (χ2n) is 7.31. The van der Waals surface area contributed by atoms with Crippen LogP contribution in [0.5, 0.6) is 0 Å². The van der Waals surface area contributed by atoms with Crippen LogP contribution in [0.15, 0.2) is 91.0 Å². The van der Waals surface area contributed by atoms with E-state index >= 15 is 0 Å². The molecule has 0 aliphatic carbocycles. The smallest absolute Gasteiger partial charge is 0.333 e. The molecule has 3 aromatic rings. The van der Waals surface area contributed by atoms with E-state index in [1.54, 1.807) is 60.7 Å². The number of methoxy groups -OCH3 is 2. The lowest BCUT2D eigenvalue weighted by Gasteiger charge is -2.38. The van der Waals surface area contributed by atoms with Gasteiger partial charge in [-0.3, -0.25) is 9.59 Å². The number of esters is 2. The van der Waals surface area contributed by atoms with Gasteiger partial charge >= 0.3 is 11.9 Å². The molecule has 6 heteroatoms. The van der Waals surface area contributed by atoms with Crippen LogP contribution in [0.1, 0.15) is 27.4 Å². The van der Waals surface area contributed by atoms with Crippen LogP contribution in [0.3, 0.4) is 0 Å². The van der Waals surface area contributed by atoms with E-state index in [9.17, 15) is 14.4 Å². The number of benzene rings is 3. The molecule has 0 aliphatic heterocycles. The largest absolute Gasteiger partial charge is 0.468 e. The third-order valence-corrected chi connectivity index (χ3v) is 5.31. The third kappa shape index (κ3) is 4.86. The molecule has 0 saturated carbocycles. The van der Waals surface area contributed by atoms with E-state index in [1.165, 1.54) is 14.2 Å². The quantitative estimate of drug-likeness (QED) is 0.552. The second-order valence-corrected chi connectivity index (χ2v) is 7.31. The lowest BCUT2D eigenvalue weighted by atomic mass is 9.74. The number of amides is 1. The summed E-state index contributed by atoms with van der Waals surface area (Å²) in [5.41, 5.74) is -0.132. The molecule has 1 N–H and O–H groups in total.